The quantitative estimate of drug-likeness (QED) is 0.655. The molecule has 0 radical (unpaired) electrons. The van der Waals surface area contributed by atoms with Crippen molar-refractivity contribution in [1.29, 1.82) is 0 Å². The average molecular weight is 319 g/mol. The molecule has 1 aromatic carbocycles. The number of nitrogens with zero attached hydrogens (tertiary/aromatic N) is 2. The van der Waals surface area contributed by atoms with Crippen LogP contribution in [0.15, 0.2) is 34.2 Å². The van der Waals surface area contributed by atoms with Crippen molar-refractivity contribution in [3.8, 4) is 0 Å². The van der Waals surface area contributed by atoms with Crippen LogP contribution in [0.3, 0.4) is 0 Å². The largest absolute Gasteiger partial charge is 0.355 e. The molecule has 0 aliphatic rings. The minimum absolute atomic E-state index is 0.0342. The van der Waals surface area contributed by atoms with Crippen LogP contribution in [-0.4, -0.2) is 27.8 Å². The number of carbonyl (C=O) groups is 1. The van der Waals surface area contributed by atoms with Crippen LogP contribution in [-0.2, 0) is 11.8 Å². The molecule has 0 aliphatic carbocycles. The van der Waals surface area contributed by atoms with E-state index >= 15 is 0 Å². The summed E-state index contributed by atoms with van der Waals surface area (Å²) in [5, 5.41) is 4.03. The van der Waals surface area contributed by atoms with Crippen molar-refractivity contribution in [1.82, 2.24) is 14.9 Å². The van der Waals surface area contributed by atoms with Gasteiger partial charge in [0, 0.05) is 13.6 Å². The number of carbonyl (C=O) groups excluding carboxylic acids is 1. The molecule has 0 aliphatic heterocycles. The van der Waals surface area contributed by atoms with Crippen LogP contribution < -0.4 is 10.9 Å². The first-order chi connectivity index (χ1) is 10.5. The number of hydrogen-bond acceptors (Lipinski definition) is 4. The molecule has 0 unspecified atom stereocenters. The molecule has 0 fully saturated rings. The standard InChI is InChI=1S/C16H21N3O2S/c1-11(2)8-9-17-14(20)10-22-16-18-13-7-5-4-6-12(13)15(21)19(16)3/h4-7,11H,8-10H2,1-3H3,(H,17,20). The van der Waals surface area contributed by atoms with E-state index in [1.54, 1.807) is 13.1 Å². The monoisotopic (exact) mass is 319 g/mol. The number of aromatic nitrogens is 2. The van der Waals surface area contributed by atoms with Crippen molar-refractivity contribution in [3.63, 3.8) is 0 Å². The predicted octanol–water partition coefficient (Wildman–Crippen LogP) is 2.19. The Morgan fingerprint density at radius 3 is 2.82 bits per heavy atom. The van der Waals surface area contributed by atoms with Gasteiger partial charge in [0.1, 0.15) is 0 Å². The molecule has 2 rings (SSSR count). The van der Waals surface area contributed by atoms with Gasteiger partial charge in [-0.05, 0) is 24.5 Å². The number of benzene rings is 1. The van der Waals surface area contributed by atoms with E-state index in [2.05, 4.69) is 24.1 Å². The van der Waals surface area contributed by atoms with Crippen molar-refractivity contribution in [2.24, 2.45) is 13.0 Å². The summed E-state index contributed by atoms with van der Waals surface area (Å²) < 4.78 is 1.49. The Labute approximate surface area is 134 Å². The van der Waals surface area contributed by atoms with Crippen LogP contribution in [0.1, 0.15) is 20.3 Å². The van der Waals surface area contributed by atoms with Crippen LogP contribution in [0.2, 0.25) is 0 Å². The van der Waals surface area contributed by atoms with Gasteiger partial charge in [0.05, 0.1) is 16.7 Å². The Kier molecular flexibility index (Phi) is 5.60. The van der Waals surface area contributed by atoms with Gasteiger partial charge in [-0.1, -0.05) is 37.7 Å². The van der Waals surface area contributed by atoms with Gasteiger partial charge in [-0.25, -0.2) is 4.98 Å². The summed E-state index contributed by atoms with van der Waals surface area (Å²) in [7, 11) is 1.68. The van der Waals surface area contributed by atoms with Crippen molar-refractivity contribution < 1.29 is 4.79 Å². The summed E-state index contributed by atoms with van der Waals surface area (Å²) in [4.78, 5) is 28.5. The van der Waals surface area contributed by atoms with Crippen molar-refractivity contribution in [2.75, 3.05) is 12.3 Å². The highest BCUT2D eigenvalue weighted by Crippen LogP contribution is 2.16. The predicted molar refractivity (Wildman–Crippen MR) is 90.2 cm³/mol. The highest BCUT2D eigenvalue weighted by molar-refractivity contribution is 7.99. The van der Waals surface area contributed by atoms with E-state index in [4.69, 9.17) is 0 Å². The molecule has 2 aromatic rings. The molecule has 6 heteroatoms. The maximum absolute atomic E-state index is 12.2. The molecule has 1 heterocycles. The van der Waals surface area contributed by atoms with Crippen molar-refractivity contribution in [3.05, 3.63) is 34.6 Å². The molecule has 0 spiro atoms. The Balaban J connectivity index is 2.04. The molecule has 22 heavy (non-hydrogen) atoms. The fraction of sp³-hybridized carbons (Fsp3) is 0.438. The van der Waals surface area contributed by atoms with E-state index in [1.807, 2.05) is 18.2 Å². The lowest BCUT2D eigenvalue weighted by molar-refractivity contribution is -0.118. The normalized spacial score (nSPS) is 11.1. The van der Waals surface area contributed by atoms with Gasteiger partial charge in [0.15, 0.2) is 5.16 Å². The van der Waals surface area contributed by atoms with Crippen LogP contribution >= 0.6 is 11.8 Å². The molecule has 1 amide bonds. The Hall–Kier alpha value is -1.82. The average Bonchev–Trinajstić information content (AvgIpc) is 2.49. The maximum atomic E-state index is 12.2. The first-order valence-corrected chi connectivity index (χ1v) is 8.33. The topological polar surface area (TPSA) is 64.0 Å². The number of amides is 1. The Morgan fingerprint density at radius 1 is 1.36 bits per heavy atom. The fourth-order valence-corrected chi connectivity index (χ4v) is 2.81. The van der Waals surface area contributed by atoms with Crippen LogP contribution in [0.5, 0.6) is 0 Å². The molecule has 0 saturated carbocycles. The van der Waals surface area contributed by atoms with Crippen LogP contribution in [0.25, 0.3) is 10.9 Å². The number of para-hydroxylation sites is 1. The Bertz CT molecular complexity index is 725. The summed E-state index contributed by atoms with van der Waals surface area (Å²) in [6.45, 7) is 4.92. The van der Waals surface area contributed by atoms with Gasteiger partial charge in [-0.2, -0.15) is 0 Å². The van der Waals surface area contributed by atoms with Gasteiger partial charge in [0.2, 0.25) is 5.91 Å². The minimum atomic E-state index is -0.0895. The smallest absolute Gasteiger partial charge is 0.261 e. The lowest BCUT2D eigenvalue weighted by atomic mass is 10.1. The summed E-state index contributed by atoms with van der Waals surface area (Å²) in [5.41, 5.74) is 0.571. The lowest BCUT2D eigenvalue weighted by Crippen LogP contribution is -2.27. The zero-order valence-corrected chi connectivity index (χ0v) is 13.9. The van der Waals surface area contributed by atoms with Gasteiger partial charge < -0.3 is 5.32 Å². The second kappa shape index (κ2) is 7.45. The van der Waals surface area contributed by atoms with E-state index in [-0.39, 0.29) is 17.2 Å². The zero-order chi connectivity index (χ0) is 16.1. The second-order valence-electron chi connectivity index (χ2n) is 5.60. The molecule has 1 aromatic heterocycles. The van der Waals surface area contributed by atoms with E-state index in [0.717, 1.165) is 6.42 Å². The number of fused-ring (bicyclic) bond motifs is 1. The second-order valence-corrected chi connectivity index (χ2v) is 6.54. The van der Waals surface area contributed by atoms with E-state index in [9.17, 15) is 9.59 Å². The van der Waals surface area contributed by atoms with Gasteiger partial charge in [-0.3, -0.25) is 14.2 Å². The fourth-order valence-electron chi connectivity index (χ4n) is 2.01. The number of rotatable bonds is 6. The number of thioether (sulfide) groups is 1. The molecule has 0 bridgehead atoms. The summed E-state index contributed by atoms with van der Waals surface area (Å²) >= 11 is 1.28. The lowest BCUT2D eigenvalue weighted by Gasteiger charge is -2.09. The van der Waals surface area contributed by atoms with Gasteiger partial charge in [0.25, 0.3) is 5.56 Å². The molecular weight excluding hydrogens is 298 g/mol. The van der Waals surface area contributed by atoms with Gasteiger partial charge in [-0.15, -0.1) is 0 Å². The number of nitrogens with one attached hydrogen (secondary N) is 1. The molecule has 118 valence electrons. The highest BCUT2D eigenvalue weighted by Gasteiger charge is 2.10. The molecular formula is C16H21N3O2S. The maximum Gasteiger partial charge on any atom is 0.261 e. The van der Waals surface area contributed by atoms with Gasteiger partial charge >= 0.3 is 0 Å². The minimum Gasteiger partial charge on any atom is -0.355 e. The van der Waals surface area contributed by atoms with Crippen LogP contribution in [0.4, 0.5) is 0 Å². The summed E-state index contributed by atoms with van der Waals surface area (Å²) in [6.07, 6.45) is 0.961. The SMILES string of the molecule is CC(C)CCNC(=O)CSc1nc2ccccc2c(=O)n1C. The van der Waals surface area contributed by atoms with Crippen LogP contribution in [0, 0.1) is 5.92 Å². The van der Waals surface area contributed by atoms with E-state index in [1.165, 1.54) is 16.3 Å². The molecule has 5 nitrogen and oxygen atoms in total. The molecule has 1 N–H and O–H groups in total. The molecule has 0 saturated heterocycles. The van der Waals surface area contributed by atoms with E-state index < -0.39 is 0 Å². The number of hydrogen-bond donors (Lipinski definition) is 1. The highest BCUT2D eigenvalue weighted by atomic mass is 32.2. The summed E-state index contributed by atoms with van der Waals surface area (Å²) in [6, 6.07) is 7.24. The molecule has 0 atom stereocenters. The summed E-state index contributed by atoms with van der Waals surface area (Å²) in [5.74, 6) is 0.792. The third kappa shape index (κ3) is 4.10. The zero-order valence-electron chi connectivity index (χ0n) is 13.1. The third-order valence-corrected chi connectivity index (χ3v) is 4.35. The first-order valence-electron chi connectivity index (χ1n) is 7.34. The third-order valence-electron chi connectivity index (χ3n) is 3.32. The van der Waals surface area contributed by atoms with E-state index in [0.29, 0.717) is 28.5 Å². The van der Waals surface area contributed by atoms with Crippen molar-refractivity contribution in [2.45, 2.75) is 25.4 Å². The first kappa shape index (κ1) is 16.5. The Morgan fingerprint density at radius 2 is 2.09 bits per heavy atom. The van der Waals surface area contributed by atoms with Crippen molar-refractivity contribution >= 4 is 28.6 Å².